The molecule has 0 saturated heterocycles. The summed E-state index contributed by atoms with van der Waals surface area (Å²) in [5, 5.41) is 0. The lowest BCUT2D eigenvalue weighted by Gasteiger charge is -1.94. The second-order valence-electron chi connectivity index (χ2n) is 4.04. The van der Waals surface area contributed by atoms with Gasteiger partial charge in [-0.15, -0.1) is 0 Å². The third-order valence-electron chi connectivity index (χ3n) is 2.66. The Balaban J connectivity index is 2.61. The van der Waals surface area contributed by atoms with E-state index in [4.69, 9.17) is 0 Å². The molecule has 0 aliphatic carbocycles. The van der Waals surface area contributed by atoms with Crippen molar-refractivity contribution in [2.24, 2.45) is 0 Å². The zero-order chi connectivity index (χ0) is 13.2. The first-order valence-corrected chi connectivity index (χ1v) is 6.39. The average Bonchev–Trinajstić information content (AvgIpc) is 2.43. The molecule has 1 heteroatoms. The Hall–Kier alpha value is -1.89. The molecule has 1 nitrogen and oxygen atoms in total. The monoisotopic (exact) mass is 240 g/mol. The molecule has 0 amide bonds. The number of benzene rings is 1. The Labute approximate surface area is 110 Å². The fraction of sp³-hybridized carbons (Fsp3) is 0.235. The summed E-state index contributed by atoms with van der Waals surface area (Å²) in [6, 6.07) is 7.53. The molecule has 0 unspecified atom stereocenters. The predicted molar refractivity (Wildman–Crippen MR) is 78.7 cm³/mol. The zero-order valence-electron chi connectivity index (χ0n) is 11.1. The Bertz CT molecular complexity index is 447. The van der Waals surface area contributed by atoms with Gasteiger partial charge in [-0.3, -0.25) is 4.79 Å². The highest BCUT2D eigenvalue weighted by Crippen LogP contribution is 2.07. The van der Waals surface area contributed by atoms with E-state index >= 15 is 0 Å². The van der Waals surface area contributed by atoms with Crippen molar-refractivity contribution in [3.8, 4) is 0 Å². The molecule has 0 bridgehead atoms. The summed E-state index contributed by atoms with van der Waals surface area (Å²) >= 11 is 0. The first kappa shape index (κ1) is 14.2. The van der Waals surface area contributed by atoms with Gasteiger partial charge >= 0.3 is 0 Å². The first-order valence-electron chi connectivity index (χ1n) is 6.39. The lowest BCUT2D eigenvalue weighted by atomic mass is 10.1. The Morgan fingerprint density at radius 1 is 1.06 bits per heavy atom. The molecule has 1 aromatic carbocycles. The molecule has 0 N–H and O–H groups in total. The minimum Gasteiger partial charge on any atom is -0.298 e. The number of hydrogen-bond acceptors (Lipinski definition) is 1. The number of aldehydes is 1. The molecule has 0 fully saturated rings. The lowest BCUT2D eigenvalue weighted by molar-refractivity contribution is 0.112. The van der Waals surface area contributed by atoms with Crippen LogP contribution >= 0.6 is 0 Å². The van der Waals surface area contributed by atoms with Gasteiger partial charge in [-0.25, -0.2) is 0 Å². The van der Waals surface area contributed by atoms with Crippen molar-refractivity contribution in [2.45, 2.75) is 26.7 Å². The molecule has 0 aliphatic rings. The van der Waals surface area contributed by atoms with Gasteiger partial charge in [-0.05, 0) is 18.4 Å². The van der Waals surface area contributed by atoms with E-state index in [1.54, 1.807) is 0 Å². The number of carbonyl (C=O) groups is 1. The highest BCUT2D eigenvalue weighted by molar-refractivity contribution is 5.75. The number of rotatable bonds is 6. The number of allylic oxidation sites excluding steroid dienone is 5. The Morgan fingerprint density at radius 2 is 1.72 bits per heavy atom. The van der Waals surface area contributed by atoms with Gasteiger partial charge in [0.15, 0.2) is 0 Å². The van der Waals surface area contributed by atoms with E-state index in [-0.39, 0.29) is 0 Å². The van der Waals surface area contributed by atoms with E-state index in [0.717, 1.165) is 24.7 Å². The summed E-state index contributed by atoms with van der Waals surface area (Å²) in [5.74, 6) is 0. The van der Waals surface area contributed by atoms with Gasteiger partial charge < -0.3 is 0 Å². The van der Waals surface area contributed by atoms with Gasteiger partial charge in [0.05, 0.1) is 0 Å². The van der Waals surface area contributed by atoms with Crippen LogP contribution in [0.3, 0.4) is 0 Å². The van der Waals surface area contributed by atoms with E-state index < -0.39 is 0 Å². The summed E-state index contributed by atoms with van der Waals surface area (Å²) in [7, 11) is 0. The average molecular weight is 240 g/mol. The largest absolute Gasteiger partial charge is 0.298 e. The normalized spacial score (nSPS) is 12.4. The number of carbonyl (C=O) groups excluding carboxylic acids is 1. The van der Waals surface area contributed by atoms with Crippen LogP contribution in [0.4, 0.5) is 0 Å². The Morgan fingerprint density at radius 3 is 2.28 bits per heavy atom. The van der Waals surface area contributed by atoms with E-state index in [0.29, 0.717) is 5.56 Å². The highest BCUT2D eigenvalue weighted by Gasteiger charge is 1.88. The molecule has 1 aromatic rings. The van der Waals surface area contributed by atoms with Crippen molar-refractivity contribution >= 4 is 12.4 Å². The van der Waals surface area contributed by atoms with E-state index in [1.165, 1.54) is 5.57 Å². The molecule has 0 aliphatic heterocycles. The quantitative estimate of drug-likeness (QED) is 0.515. The van der Waals surface area contributed by atoms with Gasteiger partial charge in [0, 0.05) is 5.56 Å². The first-order chi connectivity index (χ1) is 8.80. The summed E-state index contributed by atoms with van der Waals surface area (Å²) in [6.45, 7) is 4.31. The molecule has 0 heterocycles. The van der Waals surface area contributed by atoms with Gasteiger partial charge in [0.1, 0.15) is 6.29 Å². The van der Waals surface area contributed by atoms with Gasteiger partial charge in [0.2, 0.25) is 0 Å². The molecule has 0 saturated carbocycles. The molecule has 0 atom stereocenters. The molecule has 94 valence electrons. The Kier molecular flexibility index (Phi) is 6.49. The molecule has 1 rings (SSSR count). The predicted octanol–water partition coefficient (Wildman–Crippen LogP) is 4.81. The summed E-state index contributed by atoms with van der Waals surface area (Å²) in [4.78, 5) is 10.5. The molecular formula is C17H20O. The van der Waals surface area contributed by atoms with Crippen LogP contribution in [0.15, 0.2) is 54.1 Å². The van der Waals surface area contributed by atoms with E-state index in [1.807, 2.05) is 36.4 Å². The SMILES string of the molecule is CC/C=C(/C=C/C=C/c1ccc(C=O)cc1)CC. The van der Waals surface area contributed by atoms with E-state index in [2.05, 4.69) is 32.1 Å². The third kappa shape index (κ3) is 4.96. The maximum atomic E-state index is 10.5. The summed E-state index contributed by atoms with van der Waals surface area (Å²) in [6.07, 6.45) is 13.5. The topological polar surface area (TPSA) is 17.1 Å². The summed E-state index contributed by atoms with van der Waals surface area (Å²) < 4.78 is 0. The van der Waals surface area contributed by atoms with Crippen LogP contribution in [0.2, 0.25) is 0 Å². The standard InChI is InChI=1S/C17H20O/c1-3-7-15(4-2)8-5-6-9-16-10-12-17(14-18)13-11-16/h5-14H,3-4H2,1-2H3/b8-5+,9-6+,15-7+. The van der Waals surface area contributed by atoms with Crippen molar-refractivity contribution < 1.29 is 4.79 Å². The van der Waals surface area contributed by atoms with Crippen molar-refractivity contribution in [3.05, 3.63) is 65.3 Å². The molecule has 0 aromatic heterocycles. The van der Waals surface area contributed by atoms with Crippen molar-refractivity contribution in [1.29, 1.82) is 0 Å². The van der Waals surface area contributed by atoms with Crippen molar-refractivity contribution in [3.63, 3.8) is 0 Å². The maximum Gasteiger partial charge on any atom is 0.150 e. The molecular weight excluding hydrogens is 220 g/mol. The molecule has 0 radical (unpaired) electrons. The van der Waals surface area contributed by atoms with Crippen LogP contribution in [0, 0.1) is 0 Å². The third-order valence-corrected chi connectivity index (χ3v) is 2.66. The van der Waals surface area contributed by atoms with E-state index in [9.17, 15) is 4.79 Å². The number of hydrogen-bond donors (Lipinski definition) is 0. The summed E-state index contributed by atoms with van der Waals surface area (Å²) in [5.41, 5.74) is 3.17. The van der Waals surface area contributed by atoms with Crippen LogP contribution in [-0.4, -0.2) is 6.29 Å². The minimum atomic E-state index is 0.710. The van der Waals surface area contributed by atoms with Crippen LogP contribution in [0.5, 0.6) is 0 Å². The van der Waals surface area contributed by atoms with Crippen LogP contribution in [-0.2, 0) is 0 Å². The van der Waals surface area contributed by atoms with Gasteiger partial charge in [0.25, 0.3) is 0 Å². The smallest absolute Gasteiger partial charge is 0.150 e. The molecule has 0 spiro atoms. The second-order valence-corrected chi connectivity index (χ2v) is 4.04. The van der Waals surface area contributed by atoms with Crippen LogP contribution in [0.25, 0.3) is 6.08 Å². The van der Waals surface area contributed by atoms with Gasteiger partial charge in [-0.2, -0.15) is 0 Å². The minimum absolute atomic E-state index is 0.710. The second kappa shape index (κ2) is 8.24. The van der Waals surface area contributed by atoms with Crippen LogP contribution < -0.4 is 0 Å². The van der Waals surface area contributed by atoms with Crippen molar-refractivity contribution in [2.75, 3.05) is 0 Å². The fourth-order valence-corrected chi connectivity index (χ4v) is 1.62. The zero-order valence-corrected chi connectivity index (χ0v) is 11.1. The van der Waals surface area contributed by atoms with Gasteiger partial charge in [-0.1, -0.05) is 74.1 Å². The van der Waals surface area contributed by atoms with Crippen molar-refractivity contribution in [1.82, 2.24) is 0 Å². The lowest BCUT2D eigenvalue weighted by Crippen LogP contribution is -1.78. The molecule has 18 heavy (non-hydrogen) atoms. The highest BCUT2D eigenvalue weighted by atomic mass is 16.1. The van der Waals surface area contributed by atoms with Crippen LogP contribution in [0.1, 0.15) is 42.6 Å². The maximum absolute atomic E-state index is 10.5. The fourth-order valence-electron chi connectivity index (χ4n) is 1.62.